The molecule has 0 aromatic rings. The van der Waals surface area contributed by atoms with E-state index in [9.17, 15) is 9.46 Å². The molecule has 0 heterocycles. The zero-order valence-corrected chi connectivity index (χ0v) is 17.1. The zero-order chi connectivity index (χ0) is 16.4. The van der Waals surface area contributed by atoms with Gasteiger partial charge in [0.2, 0.25) is 0 Å². The van der Waals surface area contributed by atoms with E-state index in [0.29, 0.717) is 6.42 Å². The topological polar surface area (TPSA) is 110 Å². The molecule has 0 rings (SSSR count). The van der Waals surface area contributed by atoms with Crippen LogP contribution in [0.5, 0.6) is 0 Å². The normalized spacial score (nSPS) is 12.8. The summed E-state index contributed by atoms with van der Waals surface area (Å²) in [6, 6.07) is 0. The summed E-state index contributed by atoms with van der Waals surface area (Å²) in [5.74, 6) is 0. The van der Waals surface area contributed by atoms with Crippen molar-refractivity contribution in [1.82, 2.24) is 0 Å². The van der Waals surface area contributed by atoms with Gasteiger partial charge in [-0.2, -0.15) is 0 Å². The Hall–Kier alpha value is 1.03. The molecular weight excluding hydrogens is 318 g/mol. The molecule has 8 heteroatoms. The Balaban J connectivity index is -0.000000640. The maximum absolute atomic E-state index is 10.3. The summed E-state index contributed by atoms with van der Waals surface area (Å²) >= 11 is 0. The number of unbranched alkanes of at least 4 members (excludes halogenated alkanes) is 9. The second-order valence-corrected chi connectivity index (χ2v) is 6.13. The quantitative estimate of drug-likeness (QED) is 0.232. The molecule has 0 aliphatic heterocycles. The van der Waals surface area contributed by atoms with Crippen molar-refractivity contribution in [3.05, 3.63) is 0 Å². The van der Waals surface area contributed by atoms with E-state index in [-0.39, 0.29) is 49.4 Å². The van der Waals surface area contributed by atoms with Gasteiger partial charge in [-0.1, -0.05) is 64.7 Å². The molecule has 0 aliphatic rings. The van der Waals surface area contributed by atoms with Crippen molar-refractivity contribution in [2.24, 2.45) is 0 Å². The SMILES string of the molecule is CCCCCCCCCCCCOP(=O)([O-])O.OCCO.[Na+]. The molecule has 0 amide bonds. The molecule has 0 spiro atoms. The second-order valence-electron chi connectivity index (χ2n) is 4.93. The second kappa shape index (κ2) is 22.0. The molecule has 0 saturated heterocycles. The Morgan fingerprint density at radius 2 is 1.23 bits per heavy atom. The average molecular weight is 350 g/mol. The van der Waals surface area contributed by atoms with Crippen molar-refractivity contribution < 1.29 is 58.6 Å². The molecule has 0 aromatic carbocycles. The van der Waals surface area contributed by atoms with Crippen LogP contribution in [0.2, 0.25) is 0 Å². The number of aliphatic hydroxyl groups is 2. The summed E-state index contributed by atoms with van der Waals surface area (Å²) in [5.41, 5.74) is 0. The molecule has 0 saturated carbocycles. The average Bonchev–Trinajstić information content (AvgIpc) is 2.44. The first kappa shape index (κ1) is 27.9. The largest absolute Gasteiger partial charge is 1.00 e. The fourth-order valence-electron chi connectivity index (χ4n) is 1.77. The Labute approximate surface area is 157 Å². The van der Waals surface area contributed by atoms with Crippen LogP contribution in [0.4, 0.5) is 0 Å². The summed E-state index contributed by atoms with van der Waals surface area (Å²) in [6.45, 7) is 2.07. The third-order valence-electron chi connectivity index (χ3n) is 2.85. The number of phosphoric acid groups is 1. The Bertz CT molecular complexity index is 235. The predicted octanol–water partition coefficient (Wildman–Crippen LogP) is -0.640. The summed E-state index contributed by atoms with van der Waals surface area (Å²) in [6.07, 6.45) is 11.9. The number of phosphoric ester groups is 1. The summed E-state index contributed by atoms with van der Waals surface area (Å²) in [4.78, 5) is 18.6. The maximum Gasteiger partial charge on any atom is 1.00 e. The van der Waals surface area contributed by atoms with Crippen molar-refractivity contribution in [3.8, 4) is 0 Å². The molecule has 0 radical (unpaired) electrons. The number of hydrogen-bond donors (Lipinski definition) is 3. The van der Waals surface area contributed by atoms with Gasteiger partial charge in [0.15, 0.2) is 0 Å². The van der Waals surface area contributed by atoms with Crippen LogP contribution in [0.25, 0.3) is 0 Å². The Morgan fingerprint density at radius 3 is 1.55 bits per heavy atom. The van der Waals surface area contributed by atoms with Crippen LogP contribution in [-0.2, 0) is 9.09 Å². The summed E-state index contributed by atoms with van der Waals surface area (Å²) in [7, 11) is -4.49. The smallest absolute Gasteiger partial charge is 0.756 e. The van der Waals surface area contributed by atoms with Gasteiger partial charge in [-0.05, 0) is 6.42 Å². The van der Waals surface area contributed by atoms with Gasteiger partial charge in [0.05, 0.1) is 19.8 Å². The van der Waals surface area contributed by atoms with Crippen LogP contribution in [0.1, 0.15) is 71.1 Å². The van der Waals surface area contributed by atoms with E-state index in [0.717, 1.165) is 12.8 Å². The van der Waals surface area contributed by atoms with E-state index in [4.69, 9.17) is 15.1 Å². The van der Waals surface area contributed by atoms with Gasteiger partial charge in [-0.15, -0.1) is 0 Å². The van der Waals surface area contributed by atoms with Crippen LogP contribution < -0.4 is 34.5 Å². The first-order chi connectivity index (χ1) is 9.97. The number of aliphatic hydroxyl groups excluding tert-OH is 2. The van der Waals surface area contributed by atoms with Gasteiger partial charge in [-0.3, -0.25) is 4.57 Å². The van der Waals surface area contributed by atoms with Gasteiger partial charge < -0.3 is 24.5 Å². The monoisotopic (exact) mass is 350 g/mol. The molecule has 130 valence electrons. The fourth-order valence-corrected chi connectivity index (χ4v) is 2.13. The minimum atomic E-state index is -4.49. The maximum atomic E-state index is 10.3. The molecule has 0 aliphatic carbocycles. The molecule has 3 N–H and O–H groups in total. The van der Waals surface area contributed by atoms with Crippen LogP contribution >= 0.6 is 7.82 Å². The number of hydrogen-bond acceptors (Lipinski definition) is 5. The molecular formula is C14H32NaO6P. The van der Waals surface area contributed by atoms with Crippen molar-refractivity contribution in [1.29, 1.82) is 0 Å². The fraction of sp³-hybridized carbons (Fsp3) is 1.00. The third kappa shape index (κ3) is 32.8. The van der Waals surface area contributed by atoms with E-state index >= 15 is 0 Å². The van der Waals surface area contributed by atoms with Crippen molar-refractivity contribution in [2.45, 2.75) is 71.1 Å². The predicted molar refractivity (Wildman–Crippen MR) is 81.8 cm³/mol. The molecule has 1 unspecified atom stereocenters. The first-order valence-electron chi connectivity index (χ1n) is 7.88. The van der Waals surface area contributed by atoms with Crippen LogP contribution in [-0.4, -0.2) is 34.9 Å². The van der Waals surface area contributed by atoms with Gasteiger partial charge in [0.25, 0.3) is 7.82 Å². The van der Waals surface area contributed by atoms with Crippen molar-refractivity contribution >= 4 is 7.82 Å². The van der Waals surface area contributed by atoms with E-state index in [1.54, 1.807) is 0 Å². The molecule has 0 fully saturated rings. The molecule has 1 atom stereocenters. The minimum Gasteiger partial charge on any atom is -0.756 e. The Kier molecular flexibility index (Phi) is 27.9. The van der Waals surface area contributed by atoms with Crippen LogP contribution in [0.15, 0.2) is 0 Å². The molecule has 0 aromatic heterocycles. The zero-order valence-electron chi connectivity index (χ0n) is 14.2. The van der Waals surface area contributed by atoms with E-state index in [2.05, 4.69) is 11.4 Å². The third-order valence-corrected chi connectivity index (χ3v) is 3.36. The van der Waals surface area contributed by atoms with Gasteiger partial charge >= 0.3 is 29.6 Å². The van der Waals surface area contributed by atoms with E-state index < -0.39 is 7.82 Å². The standard InChI is InChI=1S/C12H27O4P.C2H6O2.Na/c1-2-3-4-5-6-7-8-9-10-11-12-16-17(13,14)15;3-1-2-4;/h2-12H2,1H3,(H2,13,14,15);3-4H,1-2H2;/q;;+1/p-1. The molecule has 6 nitrogen and oxygen atoms in total. The summed E-state index contributed by atoms with van der Waals surface area (Å²) in [5, 5.41) is 15.2. The van der Waals surface area contributed by atoms with Gasteiger partial charge in [0.1, 0.15) is 0 Å². The molecule has 0 bridgehead atoms. The number of rotatable bonds is 13. The van der Waals surface area contributed by atoms with Crippen LogP contribution in [0, 0.1) is 0 Å². The van der Waals surface area contributed by atoms with Gasteiger partial charge in [-0.25, -0.2) is 0 Å². The van der Waals surface area contributed by atoms with Gasteiger partial charge in [0, 0.05) is 0 Å². The summed E-state index contributed by atoms with van der Waals surface area (Å²) < 4.78 is 14.5. The van der Waals surface area contributed by atoms with Crippen molar-refractivity contribution in [3.63, 3.8) is 0 Å². The van der Waals surface area contributed by atoms with Crippen molar-refractivity contribution in [2.75, 3.05) is 19.8 Å². The Morgan fingerprint density at radius 1 is 0.864 bits per heavy atom. The minimum absolute atomic E-state index is 0. The van der Waals surface area contributed by atoms with Crippen LogP contribution in [0.3, 0.4) is 0 Å². The first-order valence-corrected chi connectivity index (χ1v) is 9.37. The van der Waals surface area contributed by atoms with E-state index in [1.165, 1.54) is 44.9 Å². The molecule has 22 heavy (non-hydrogen) atoms. The van der Waals surface area contributed by atoms with E-state index in [1.807, 2.05) is 0 Å².